The molecule has 1 heterocycles. The number of aromatic nitrogens is 2. The van der Waals surface area contributed by atoms with Crippen LogP contribution in [0.3, 0.4) is 0 Å². The molecule has 1 aromatic carbocycles. The molecule has 1 aromatic heterocycles. The minimum absolute atomic E-state index is 0.210. The number of sulfonamides is 1. The summed E-state index contributed by atoms with van der Waals surface area (Å²) in [5.74, 6) is 0.729. The molecular formula is C16H23N3O3S. The Bertz CT molecular complexity index is 754. The zero-order valence-electron chi connectivity index (χ0n) is 13.9. The Morgan fingerprint density at radius 2 is 1.91 bits per heavy atom. The van der Waals surface area contributed by atoms with Crippen LogP contribution in [-0.2, 0) is 17.1 Å². The molecule has 0 aliphatic carbocycles. The lowest BCUT2D eigenvalue weighted by Crippen LogP contribution is -2.35. The first-order valence-electron chi connectivity index (χ1n) is 7.56. The molecule has 1 unspecified atom stereocenters. The van der Waals surface area contributed by atoms with Gasteiger partial charge >= 0.3 is 0 Å². The molecule has 1 N–H and O–H groups in total. The molecular weight excluding hydrogens is 314 g/mol. The third-order valence-corrected chi connectivity index (χ3v) is 5.39. The minimum atomic E-state index is -3.61. The maximum atomic E-state index is 12.5. The van der Waals surface area contributed by atoms with E-state index in [1.165, 1.54) is 0 Å². The van der Waals surface area contributed by atoms with E-state index in [2.05, 4.69) is 9.82 Å². The quantitative estimate of drug-likeness (QED) is 0.840. The fourth-order valence-corrected chi connectivity index (χ4v) is 3.88. The summed E-state index contributed by atoms with van der Waals surface area (Å²) >= 11 is 0. The molecule has 23 heavy (non-hydrogen) atoms. The summed E-state index contributed by atoms with van der Waals surface area (Å²) in [4.78, 5) is 0.245. The normalized spacial score (nSPS) is 13.0. The average Bonchev–Trinajstić information content (AvgIpc) is 2.78. The van der Waals surface area contributed by atoms with Gasteiger partial charge in [0.15, 0.2) is 0 Å². The van der Waals surface area contributed by atoms with Gasteiger partial charge in [-0.05, 0) is 32.4 Å². The van der Waals surface area contributed by atoms with Crippen LogP contribution in [0.4, 0.5) is 0 Å². The van der Waals surface area contributed by atoms with Crippen LogP contribution in [0.2, 0.25) is 0 Å². The van der Waals surface area contributed by atoms with E-state index in [9.17, 15) is 8.42 Å². The lowest BCUT2D eigenvalue weighted by Gasteiger charge is -2.18. The molecule has 0 spiro atoms. The summed E-state index contributed by atoms with van der Waals surface area (Å²) < 4.78 is 35.1. The van der Waals surface area contributed by atoms with Crippen molar-refractivity contribution in [3.8, 4) is 5.75 Å². The molecule has 0 aliphatic rings. The van der Waals surface area contributed by atoms with Gasteiger partial charge in [-0.15, -0.1) is 0 Å². The van der Waals surface area contributed by atoms with Crippen LogP contribution in [0.1, 0.15) is 24.7 Å². The average molecular weight is 337 g/mol. The van der Waals surface area contributed by atoms with Crippen molar-refractivity contribution >= 4 is 10.0 Å². The number of para-hydroxylation sites is 1. The van der Waals surface area contributed by atoms with Crippen LogP contribution in [0.25, 0.3) is 0 Å². The topological polar surface area (TPSA) is 73.2 Å². The van der Waals surface area contributed by atoms with E-state index in [1.807, 2.05) is 37.3 Å². The van der Waals surface area contributed by atoms with Crippen molar-refractivity contribution in [3.63, 3.8) is 0 Å². The van der Waals surface area contributed by atoms with Gasteiger partial charge in [0.05, 0.1) is 11.4 Å². The van der Waals surface area contributed by atoms with Gasteiger partial charge in [0, 0.05) is 13.6 Å². The molecule has 0 radical (unpaired) electrons. The predicted octanol–water partition coefficient (Wildman–Crippen LogP) is 2.17. The number of nitrogens with zero attached hydrogens (tertiary/aromatic N) is 2. The highest BCUT2D eigenvalue weighted by Gasteiger charge is 2.24. The summed E-state index contributed by atoms with van der Waals surface area (Å²) in [6.45, 7) is 5.61. The number of hydrogen-bond acceptors (Lipinski definition) is 4. The first-order valence-corrected chi connectivity index (χ1v) is 9.05. The molecule has 0 saturated heterocycles. The van der Waals surface area contributed by atoms with Gasteiger partial charge in [-0.3, -0.25) is 4.68 Å². The molecule has 1 atom stereocenters. The fraction of sp³-hybridized carbons (Fsp3) is 0.438. The van der Waals surface area contributed by atoms with E-state index >= 15 is 0 Å². The number of hydrogen-bond donors (Lipinski definition) is 1. The van der Waals surface area contributed by atoms with Crippen LogP contribution < -0.4 is 9.46 Å². The van der Waals surface area contributed by atoms with Gasteiger partial charge in [0.2, 0.25) is 10.0 Å². The van der Waals surface area contributed by atoms with Crippen molar-refractivity contribution in [3.05, 3.63) is 41.7 Å². The third-order valence-electron chi connectivity index (χ3n) is 3.71. The fourth-order valence-electron chi connectivity index (χ4n) is 2.38. The highest BCUT2D eigenvalue weighted by atomic mass is 32.2. The smallest absolute Gasteiger partial charge is 0.244 e. The number of nitrogens with one attached hydrogen (secondary N) is 1. The van der Waals surface area contributed by atoms with Crippen LogP contribution in [0.5, 0.6) is 5.75 Å². The molecule has 2 aromatic rings. The molecule has 2 rings (SSSR count). The summed E-state index contributed by atoms with van der Waals surface area (Å²) in [5, 5.41) is 4.16. The predicted molar refractivity (Wildman–Crippen MR) is 89.0 cm³/mol. The van der Waals surface area contributed by atoms with E-state index < -0.39 is 10.0 Å². The van der Waals surface area contributed by atoms with Crippen LogP contribution in [0.15, 0.2) is 35.2 Å². The van der Waals surface area contributed by atoms with Crippen LogP contribution >= 0.6 is 0 Å². The number of rotatable bonds is 7. The SMILES string of the molecule is CCC(CNS(=O)(=O)c1c(C)nn(C)c1C)Oc1ccccc1. The van der Waals surface area contributed by atoms with E-state index in [-0.39, 0.29) is 17.5 Å². The molecule has 0 bridgehead atoms. The monoisotopic (exact) mass is 337 g/mol. The third kappa shape index (κ3) is 4.11. The highest BCUT2D eigenvalue weighted by molar-refractivity contribution is 7.89. The molecule has 0 aliphatic heterocycles. The van der Waals surface area contributed by atoms with Crippen molar-refractivity contribution in [1.82, 2.24) is 14.5 Å². The Morgan fingerprint density at radius 1 is 1.26 bits per heavy atom. The van der Waals surface area contributed by atoms with E-state index in [0.29, 0.717) is 17.8 Å². The second-order valence-corrected chi connectivity index (χ2v) is 7.14. The first kappa shape index (κ1) is 17.5. The van der Waals surface area contributed by atoms with Crippen LogP contribution in [-0.4, -0.2) is 30.8 Å². The molecule has 0 amide bonds. The van der Waals surface area contributed by atoms with Crippen molar-refractivity contribution in [2.75, 3.05) is 6.54 Å². The molecule has 0 saturated carbocycles. The molecule has 7 heteroatoms. The second-order valence-electron chi connectivity index (χ2n) is 5.44. The molecule has 126 valence electrons. The van der Waals surface area contributed by atoms with Gasteiger partial charge < -0.3 is 4.74 Å². The Labute approximate surface area is 137 Å². The van der Waals surface area contributed by atoms with Gasteiger partial charge in [0.1, 0.15) is 16.7 Å². The van der Waals surface area contributed by atoms with Crippen molar-refractivity contribution in [2.24, 2.45) is 7.05 Å². The lowest BCUT2D eigenvalue weighted by atomic mass is 10.2. The zero-order valence-corrected chi connectivity index (χ0v) is 14.7. The van der Waals surface area contributed by atoms with Crippen molar-refractivity contribution < 1.29 is 13.2 Å². The van der Waals surface area contributed by atoms with Gasteiger partial charge in [-0.25, -0.2) is 13.1 Å². The van der Waals surface area contributed by atoms with E-state index in [0.717, 1.165) is 5.75 Å². The summed E-state index contributed by atoms with van der Waals surface area (Å²) in [6, 6.07) is 9.38. The van der Waals surface area contributed by atoms with E-state index in [4.69, 9.17) is 4.74 Å². The Kier molecular flexibility index (Phi) is 5.43. The second kappa shape index (κ2) is 7.14. The maximum absolute atomic E-state index is 12.5. The van der Waals surface area contributed by atoms with Crippen molar-refractivity contribution in [2.45, 2.75) is 38.2 Å². The summed E-state index contributed by atoms with van der Waals surface area (Å²) in [6.07, 6.45) is 0.465. The standard InChI is InChI=1S/C16H23N3O3S/c1-5-14(22-15-9-7-6-8-10-15)11-17-23(20,21)16-12(2)18-19(4)13(16)3/h6-10,14,17H,5,11H2,1-4H3. The van der Waals surface area contributed by atoms with Crippen LogP contribution in [0, 0.1) is 13.8 Å². The highest BCUT2D eigenvalue weighted by Crippen LogP contribution is 2.18. The maximum Gasteiger partial charge on any atom is 0.244 e. The molecule has 6 nitrogen and oxygen atoms in total. The minimum Gasteiger partial charge on any atom is -0.489 e. The Balaban J connectivity index is 2.08. The van der Waals surface area contributed by atoms with Gasteiger partial charge in [-0.2, -0.15) is 5.10 Å². The summed E-state index contributed by atoms with van der Waals surface area (Å²) in [7, 11) is -1.88. The number of ether oxygens (including phenoxy) is 1. The Morgan fingerprint density at radius 3 is 2.43 bits per heavy atom. The largest absolute Gasteiger partial charge is 0.489 e. The first-order chi connectivity index (χ1) is 10.8. The number of benzene rings is 1. The van der Waals surface area contributed by atoms with Crippen molar-refractivity contribution in [1.29, 1.82) is 0 Å². The van der Waals surface area contributed by atoms with Gasteiger partial charge in [-0.1, -0.05) is 25.1 Å². The number of aryl methyl sites for hydroxylation is 2. The molecule has 0 fully saturated rings. The van der Waals surface area contributed by atoms with Gasteiger partial charge in [0.25, 0.3) is 0 Å². The van der Waals surface area contributed by atoms with E-state index in [1.54, 1.807) is 25.6 Å². The summed E-state index contributed by atoms with van der Waals surface area (Å²) in [5.41, 5.74) is 1.11. The Hall–Kier alpha value is -1.86. The lowest BCUT2D eigenvalue weighted by molar-refractivity contribution is 0.200. The zero-order chi connectivity index (χ0) is 17.0.